The number of nitrogens with zero attached hydrogens (tertiary/aromatic N) is 1. The van der Waals surface area contributed by atoms with E-state index in [1.165, 1.54) is 6.92 Å². The number of phenolic OH excluding ortho intramolecular Hbond substituents is 1. The fourth-order valence-corrected chi connectivity index (χ4v) is 4.90. The van der Waals surface area contributed by atoms with Gasteiger partial charge in [0.05, 0.1) is 6.61 Å². The first-order valence-corrected chi connectivity index (χ1v) is 12.7. The Kier molecular flexibility index (Phi) is 8.76. The quantitative estimate of drug-likeness (QED) is 0.409. The van der Waals surface area contributed by atoms with Gasteiger partial charge in [-0.25, -0.2) is 4.79 Å². The van der Waals surface area contributed by atoms with Gasteiger partial charge in [0.25, 0.3) is 0 Å². The molecule has 198 valence electrons. The van der Waals surface area contributed by atoms with Crippen LogP contribution >= 0.6 is 0 Å². The summed E-state index contributed by atoms with van der Waals surface area (Å²) in [6.45, 7) is 3.72. The lowest BCUT2D eigenvalue weighted by molar-refractivity contribution is -0.149. The Morgan fingerprint density at radius 1 is 1.00 bits per heavy atom. The molecule has 1 aliphatic heterocycles. The zero-order valence-corrected chi connectivity index (χ0v) is 21.5. The summed E-state index contributed by atoms with van der Waals surface area (Å²) < 4.78 is 11.0. The van der Waals surface area contributed by atoms with Gasteiger partial charge in [0.15, 0.2) is 0 Å². The van der Waals surface area contributed by atoms with Crippen molar-refractivity contribution in [1.29, 1.82) is 0 Å². The summed E-state index contributed by atoms with van der Waals surface area (Å²) in [5.74, 6) is -0.976. The first-order chi connectivity index (χ1) is 18.4. The van der Waals surface area contributed by atoms with Crippen LogP contribution in [0.15, 0.2) is 78.9 Å². The van der Waals surface area contributed by atoms with Gasteiger partial charge in [-0.15, -0.1) is 0 Å². The van der Waals surface area contributed by atoms with Crippen molar-refractivity contribution in [3.05, 3.63) is 95.6 Å². The maximum absolute atomic E-state index is 13.6. The van der Waals surface area contributed by atoms with Gasteiger partial charge in [-0.1, -0.05) is 54.6 Å². The zero-order valence-electron chi connectivity index (χ0n) is 21.5. The SMILES string of the molecule is CCOC(=O)COC(c1ccccc1)c1cccc(NC(=O)C2C(c3ccc(O)cc3)CCN2C(C)=O)c1. The van der Waals surface area contributed by atoms with Gasteiger partial charge >= 0.3 is 5.97 Å². The second-order valence-corrected chi connectivity index (χ2v) is 9.17. The Hall–Kier alpha value is -4.17. The molecule has 1 fully saturated rings. The minimum absolute atomic E-state index is 0.145. The van der Waals surface area contributed by atoms with Crippen LogP contribution in [0.25, 0.3) is 0 Å². The van der Waals surface area contributed by atoms with E-state index in [1.54, 1.807) is 42.2 Å². The van der Waals surface area contributed by atoms with E-state index in [2.05, 4.69) is 5.32 Å². The highest BCUT2D eigenvalue weighted by atomic mass is 16.6. The number of hydrogen-bond donors (Lipinski definition) is 2. The van der Waals surface area contributed by atoms with E-state index in [9.17, 15) is 19.5 Å². The van der Waals surface area contributed by atoms with E-state index in [-0.39, 0.29) is 36.7 Å². The highest BCUT2D eigenvalue weighted by Crippen LogP contribution is 2.35. The van der Waals surface area contributed by atoms with Crippen LogP contribution in [0.4, 0.5) is 5.69 Å². The highest BCUT2D eigenvalue weighted by Gasteiger charge is 2.41. The average molecular weight is 517 g/mol. The lowest BCUT2D eigenvalue weighted by Gasteiger charge is -2.27. The van der Waals surface area contributed by atoms with Crippen LogP contribution in [0.5, 0.6) is 5.75 Å². The molecule has 0 saturated carbocycles. The third-order valence-corrected chi connectivity index (χ3v) is 6.62. The van der Waals surface area contributed by atoms with Gasteiger partial charge in [-0.2, -0.15) is 0 Å². The number of carbonyl (C=O) groups is 3. The first-order valence-electron chi connectivity index (χ1n) is 12.7. The normalized spacial score (nSPS) is 17.6. The molecule has 8 heteroatoms. The number of ether oxygens (including phenoxy) is 2. The van der Waals surface area contributed by atoms with Crippen molar-refractivity contribution in [3.63, 3.8) is 0 Å². The third kappa shape index (κ3) is 6.39. The predicted molar refractivity (Wildman–Crippen MR) is 143 cm³/mol. The summed E-state index contributed by atoms with van der Waals surface area (Å²) in [6.07, 6.45) is 0.0858. The van der Waals surface area contributed by atoms with Crippen molar-refractivity contribution >= 4 is 23.5 Å². The molecule has 2 N–H and O–H groups in total. The number of nitrogens with one attached hydrogen (secondary N) is 1. The summed E-state index contributed by atoms with van der Waals surface area (Å²) in [6, 6.07) is 22.8. The molecular weight excluding hydrogens is 484 g/mol. The molecule has 4 rings (SSSR count). The van der Waals surface area contributed by atoms with Crippen LogP contribution in [0.1, 0.15) is 49.0 Å². The molecule has 0 bridgehead atoms. The number of phenols is 1. The van der Waals surface area contributed by atoms with Crippen molar-refractivity contribution < 1.29 is 29.0 Å². The molecular formula is C30H32N2O6. The van der Waals surface area contributed by atoms with Gasteiger partial charge in [-0.05, 0) is 54.3 Å². The van der Waals surface area contributed by atoms with E-state index >= 15 is 0 Å². The van der Waals surface area contributed by atoms with Gasteiger partial charge < -0.3 is 24.8 Å². The fraction of sp³-hybridized carbons (Fsp3) is 0.300. The third-order valence-electron chi connectivity index (χ3n) is 6.62. The molecule has 3 aromatic carbocycles. The van der Waals surface area contributed by atoms with Gasteiger partial charge in [0.2, 0.25) is 11.8 Å². The van der Waals surface area contributed by atoms with E-state index in [0.29, 0.717) is 18.7 Å². The summed E-state index contributed by atoms with van der Waals surface area (Å²) in [5, 5.41) is 12.7. The first kappa shape index (κ1) is 26.9. The average Bonchev–Trinajstić information content (AvgIpc) is 3.36. The maximum Gasteiger partial charge on any atom is 0.332 e. The maximum atomic E-state index is 13.6. The predicted octanol–water partition coefficient (Wildman–Crippen LogP) is 4.40. The number of aromatic hydroxyl groups is 1. The fourth-order valence-electron chi connectivity index (χ4n) is 4.90. The number of anilines is 1. The minimum Gasteiger partial charge on any atom is -0.508 e. The molecule has 0 aromatic heterocycles. The number of hydrogen-bond acceptors (Lipinski definition) is 6. The molecule has 38 heavy (non-hydrogen) atoms. The summed E-state index contributed by atoms with van der Waals surface area (Å²) in [4.78, 5) is 39.5. The largest absolute Gasteiger partial charge is 0.508 e. The molecule has 2 amide bonds. The number of rotatable bonds is 9. The molecule has 0 radical (unpaired) electrons. The van der Waals surface area contributed by atoms with E-state index in [4.69, 9.17) is 9.47 Å². The Morgan fingerprint density at radius 2 is 1.71 bits per heavy atom. The Labute approximate surface area is 222 Å². The van der Waals surface area contributed by atoms with Crippen molar-refractivity contribution in [2.45, 2.75) is 38.3 Å². The molecule has 1 aliphatic rings. The monoisotopic (exact) mass is 516 g/mol. The second kappa shape index (κ2) is 12.4. The molecule has 8 nitrogen and oxygen atoms in total. The Balaban J connectivity index is 1.57. The summed E-state index contributed by atoms with van der Waals surface area (Å²) in [5.41, 5.74) is 3.04. The van der Waals surface area contributed by atoms with Crippen LogP contribution in [0, 0.1) is 0 Å². The number of benzene rings is 3. The van der Waals surface area contributed by atoms with Gasteiger partial charge in [-0.3, -0.25) is 9.59 Å². The van der Waals surface area contributed by atoms with Crippen LogP contribution in [-0.2, 0) is 23.9 Å². The molecule has 0 aliphatic carbocycles. The smallest absolute Gasteiger partial charge is 0.332 e. The van der Waals surface area contributed by atoms with E-state index in [0.717, 1.165) is 16.7 Å². The summed E-state index contributed by atoms with van der Waals surface area (Å²) in [7, 11) is 0. The molecule has 3 aromatic rings. The standard InChI is InChI=1S/C30H32N2O6/c1-3-37-27(35)19-38-29(22-8-5-4-6-9-22)23-10-7-11-24(18-23)31-30(36)28-26(16-17-32(28)20(2)33)21-12-14-25(34)15-13-21/h4-15,18,26,28-29,34H,3,16-17,19H2,1-2H3,(H,31,36). The van der Waals surface area contributed by atoms with Crippen LogP contribution in [0.3, 0.4) is 0 Å². The highest BCUT2D eigenvalue weighted by molar-refractivity contribution is 5.98. The van der Waals surface area contributed by atoms with Crippen LogP contribution in [-0.4, -0.2) is 53.6 Å². The molecule has 1 heterocycles. The number of amides is 2. The number of esters is 1. The summed E-state index contributed by atoms with van der Waals surface area (Å²) >= 11 is 0. The van der Waals surface area contributed by atoms with Crippen LogP contribution in [0.2, 0.25) is 0 Å². The number of carbonyl (C=O) groups excluding carboxylic acids is 3. The lowest BCUT2D eigenvalue weighted by atomic mass is 9.91. The molecule has 1 saturated heterocycles. The van der Waals surface area contributed by atoms with Crippen LogP contribution < -0.4 is 5.32 Å². The van der Waals surface area contributed by atoms with E-state index < -0.39 is 18.1 Å². The van der Waals surface area contributed by atoms with Crippen molar-refractivity contribution in [1.82, 2.24) is 4.90 Å². The van der Waals surface area contributed by atoms with Crippen molar-refractivity contribution in [2.24, 2.45) is 0 Å². The van der Waals surface area contributed by atoms with Crippen molar-refractivity contribution in [2.75, 3.05) is 25.1 Å². The van der Waals surface area contributed by atoms with Gasteiger partial charge in [0, 0.05) is 25.1 Å². The molecule has 3 unspecified atom stereocenters. The molecule has 0 spiro atoms. The van der Waals surface area contributed by atoms with E-state index in [1.807, 2.05) is 48.5 Å². The zero-order chi connectivity index (χ0) is 27.1. The molecule has 3 atom stereocenters. The Morgan fingerprint density at radius 3 is 2.39 bits per heavy atom. The second-order valence-electron chi connectivity index (χ2n) is 9.17. The topological polar surface area (TPSA) is 105 Å². The van der Waals surface area contributed by atoms with Crippen molar-refractivity contribution in [3.8, 4) is 5.75 Å². The number of likely N-dealkylation sites (tertiary alicyclic amines) is 1. The minimum atomic E-state index is -0.689. The lowest BCUT2D eigenvalue weighted by Crippen LogP contribution is -2.44. The van der Waals surface area contributed by atoms with Gasteiger partial charge in [0.1, 0.15) is 24.5 Å². The Bertz CT molecular complexity index is 1260.